The molecule has 2 aromatic rings. The van der Waals surface area contributed by atoms with E-state index in [4.69, 9.17) is 0 Å². The van der Waals surface area contributed by atoms with Crippen LogP contribution in [0.1, 0.15) is 15.9 Å². The summed E-state index contributed by atoms with van der Waals surface area (Å²) < 4.78 is 26.3. The van der Waals surface area contributed by atoms with Crippen molar-refractivity contribution in [2.45, 2.75) is 6.54 Å². The maximum absolute atomic E-state index is 13.3. The van der Waals surface area contributed by atoms with Gasteiger partial charge < -0.3 is 5.32 Å². The van der Waals surface area contributed by atoms with Crippen molar-refractivity contribution in [2.24, 2.45) is 0 Å². The molecule has 0 fully saturated rings. The molecule has 0 aliphatic carbocycles. The van der Waals surface area contributed by atoms with Gasteiger partial charge in [0, 0.05) is 18.9 Å². The highest BCUT2D eigenvalue weighted by Gasteiger charge is 2.14. The van der Waals surface area contributed by atoms with Crippen LogP contribution in [0.15, 0.2) is 42.7 Å². The van der Waals surface area contributed by atoms with Crippen molar-refractivity contribution in [3.05, 3.63) is 65.5 Å². The third-order valence-electron chi connectivity index (χ3n) is 2.37. The minimum atomic E-state index is -1.14. The predicted molar refractivity (Wildman–Crippen MR) is 61.8 cm³/mol. The monoisotopic (exact) mass is 248 g/mol. The Morgan fingerprint density at radius 3 is 2.78 bits per heavy atom. The average molecular weight is 248 g/mol. The number of benzene rings is 1. The summed E-state index contributed by atoms with van der Waals surface area (Å²) in [5.74, 6) is -2.83. The van der Waals surface area contributed by atoms with Crippen LogP contribution in [0.5, 0.6) is 0 Å². The van der Waals surface area contributed by atoms with Crippen molar-refractivity contribution in [3.8, 4) is 0 Å². The smallest absolute Gasteiger partial charge is 0.254 e. The van der Waals surface area contributed by atoms with Gasteiger partial charge in [0.15, 0.2) is 11.6 Å². The first-order valence-electron chi connectivity index (χ1n) is 5.29. The van der Waals surface area contributed by atoms with Crippen molar-refractivity contribution in [1.29, 1.82) is 0 Å². The van der Waals surface area contributed by atoms with E-state index >= 15 is 0 Å². The summed E-state index contributed by atoms with van der Waals surface area (Å²) in [6.45, 7) is 0.211. The fourth-order valence-electron chi connectivity index (χ4n) is 1.46. The van der Waals surface area contributed by atoms with E-state index in [9.17, 15) is 13.6 Å². The van der Waals surface area contributed by atoms with Crippen molar-refractivity contribution in [3.63, 3.8) is 0 Å². The van der Waals surface area contributed by atoms with Gasteiger partial charge >= 0.3 is 0 Å². The first kappa shape index (κ1) is 12.2. The SMILES string of the molecule is O=C(NCc1cccnc1)c1cccc(F)c1F. The molecule has 0 saturated carbocycles. The normalized spacial score (nSPS) is 10.1. The number of amides is 1. The molecule has 0 aliphatic heterocycles. The van der Waals surface area contributed by atoms with E-state index < -0.39 is 17.5 Å². The topological polar surface area (TPSA) is 42.0 Å². The van der Waals surface area contributed by atoms with Gasteiger partial charge in [-0.25, -0.2) is 8.78 Å². The summed E-state index contributed by atoms with van der Waals surface area (Å²) in [5, 5.41) is 2.50. The molecule has 1 heterocycles. The average Bonchev–Trinajstić information content (AvgIpc) is 2.40. The number of nitrogens with one attached hydrogen (secondary N) is 1. The van der Waals surface area contributed by atoms with E-state index in [1.807, 2.05) is 0 Å². The molecule has 0 aliphatic rings. The molecule has 0 saturated heterocycles. The minimum absolute atomic E-state index is 0.211. The lowest BCUT2D eigenvalue weighted by atomic mass is 10.2. The van der Waals surface area contributed by atoms with Crippen molar-refractivity contribution >= 4 is 5.91 Å². The molecule has 1 aromatic carbocycles. The molecule has 3 nitrogen and oxygen atoms in total. The van der Waals surface area contributed by atoms with Crippen LogP contribution in [0, 0.1) is 11.6 Å². The molecule has 0 unspecified atom stereocenters. The molecule has 0 spiro atoms. The molecule has 1 amide bonds. The molecule has 92 valence electrons. The maximum Gasteiger partial charge on any atom is 0.254 e. The van der Waals surface area contributed by atoms with Gasteiger partial charge in [0.2, 0.25) is 0 Å². The molecular weight excluding hydrogens is 238 g/mol. The lowest BCUT2D eigenvalue weighted by molar-refractivity contribution is 0.0946. The third-order valence-corrected chi connectivity index (χ3v) is 2.37. The fraction of sp³-hybridized carbons (Fsp3) is 0.0769. The van der Waals surface area contributed by atoms with Gasteiger partial charge in [0.05, 0.1) is 5.56 Å². The Hall–Kier alpha value is -2.30. The van der Waals surface area contributed by atoms with Crippen LogP contribution < -0.4 is 5.32 Å². The Morgan fingerprint density at radius 1 is 1.22 bits per heavy atom. The van der Waals surface area contributed by atoms with Crippen LogP contribution in [-0.2, 0) is 6.54 Å². The quantitative estimate of drug-likeness (QED) is 0.905. The molecule has 5 heteroatoms. The van der Waals surface area contributed by atoms with Crippen molar-refractivity contribution in [1.82, 2.24) is 10.3 Å². The van der Waals surface area contributed by atoms with Gasteiger partial charge in [-0.1, -0.05) is 12.1 Å². The molecule has 2 rings (SSSR count). The van der Waals surface area contributed by atoms with E-state index in [-0.39, 0.29) is 12.1 Å². The summed E-state index contributed by atoms with van der Waals surface area (Å²) in [6, 6.07) is 6.99. The summed E-state index contributed by atoms with van der Waals surface area (Å²) in [7, 11) is 0. The van der Waals surface area contributed by atoms with Gasteiger partial charge in [0.1, 0.15) is 0 Å². The second-order valence-electron chi connectivity index (χ2n) is 3.65. The summed E-state index contributed by atoms with van der Waals surface area (Å²) in [6.07, 6.45) is 3.19. The summed E-state index contributed by atoms with van der Waals surface area (Å²) in [4.78, 5) is 15.5. The lowest BCUT2D eigenvalue weighted by Gasteiger charge is -2.06. The largest absolute Gasteiger partial charge is 0.348 e. The Balaban J connectivity index is 2.07. The first-order chi connectivity index (χ1) is 8.68. The van der Waals surface area contributed by atoms with Gasteiger partial charge in [-0.05, 0) is 23.8 Å². The maximum atomic E-state index is 13.3. The Bertz CT molecular complexity index is 558. The van der Waals surface area contributed by atoms with E-state index in [0.717, 1.165) is 11.6 Å². The number of hydrogen-bond acceptors (Lipinski definition) is 2. The van der Waals surface area contributed by atoms with Crippen LogP contribution in [-0.4, -0.2) is 10.9 Å². The number of halogens is 2. The van der Waals surface area contributed by atoms with Crippen LogP contribution >= 0.6 is 0 Å². The number of pyridine rings is 1. The van der Waals surface area contributed by atoms with Gasteiger partial charge in [-0.15, -0.1) is 0 Å². The second-order valence-corrected chi connectivity index (χ2v) is 3.65. The molecule has 1 N–H and O–H groups in total. The highest BCUT2D eigenvalue weighted by atomic mass is 19.2. The highest BCUT2D eigenvalue weighted by molar-refractivity contribution is 5.94. The molecule has 0 radical (unpaired) electrons. The Morgan fingerprint density at radius 2 is 2.06 bits per heavy atom. The molecule has 1 aromatic heterocycles. The second kappa shape index (κ2) is 5.35. The number of hydrogen-bond donors (Lipinski definition) is 1. The standard InChI is InChI=1S/C13H10F2N2O/c14-11-5-1-4-10(12(11)15)13(18)17-8-9-3-2-6-16-7-9/h1-7H,8H2,(H,17,18). The van der Waals surface area contributed by atoms with Crippen LogP contribution in [0.25, 0.3) is 0 Å². The van der Waals surface area contributed by atoms with E-state index in [2.05, 4.69) is 10.3 Å². The predicted octanol–water partition coefficient (Wildman–Crippen LogP) is 2.29. The first-order valence-corrected chi connectivity index (χ1v) is 5.29. The molecular formula is C13H10F2N2O. The van der Waals surface area contributed by atoms with E-state index in [1.165, 1.54) is 12.1 Å². The van der Waals surface area contributed by atoms with Crippen LogP contribution in [0.4, 0.5) is 8.78 Å². The number of carbonyl (C=O) groups excluding carboxylic acids is 1. The number of carbonyl (C=O) groups is 1. The molecule has 18 heavy (non-hydrogen) atoms. The zero-order valence-corrected chi connectivity index (χ0v) is 9.36. The Kier molecular flexibility index (Phi) is 3.62. The van der Waals surface area contributed by atoms with Crippen molar-refractivity contribution in [2.75, 3.05) is 0 Å². The number of aromatic nitrogens is 1. The summed E-state index contributed by atoms with van der Waals surface area (Å²) >= 11 is 0. The minimum Gasteiger partial charge on any atom is -0.348 e. The summed E-state index contributed by atoms with van der Waals surface area (Å²) in [5.41, 5.74) is 0.474. The zero-order chi connectivity index (χ0) is 13.0. The van der Waals surface area contributed by atoms with Crippen LogP contribution in [0.3, 0.4) is 0 Å². The van der Waals surface area contributed by atoms with E-state index in [0.29, 0.717) is 0 Å². The van der Waals surface area contributed by atoms with Crippen LogP contribution in [0.2, 0.25) is 0 Å². The molecule has 0 bridgehead atoms. The van der Waals surface area contributed by atoms with Gasteiger partial charge in [0.25, 0.3) is 5.91 Å². The van der Waals surface area contributed by atoms with E-state index in [1.54, 1.807) is 24.5 Å². The zero-order valence-electron chi connectivity index (χ0n) is 9.36. The number of rotatable bonds is 3. The third kappa shape index (κ3) is 2.68. The lowest BCUT2D eigenvalue weighted by Crippen LogP contribution is -2.24. The van der Waals surface area contributed by atoms with Gasteiger partial charge in [-0.2, -0.15) is 0 Å². The Labute approximate surface area is 102 Å². The fourth-order valence-corrected chi connectivity index (χ4v) is 1.46. The number of nitrogens with zero attached hydrogens (tertiary/aromatic N) is 1. The highest BCUT2D eigenvalue weighted by Crippen LogP contribution is 2.11. The van der Waals surface area contributed by atoms with Gasteiger partial charge in [-0.3, -0.25) is 9.78 Å². The molecule has 0 atom stereocenters. The van der Waals surface area contributed by atoms with Crippen molar-refractivity contribution < 1.29 is 13.6 Å².